The molecule has 0 radical (unpaired) electrons. The average molecular weight is 436 g/mol. The van der Waals surface area contributed by atoms with E-state index in [1.54, 1.807) is 0 Å². The van der Waals surface area contributed by atoms with Gasteiger partial charge in [-0.15, -0.1) is 0 Å². The maximum Gasteiger partial charge on any atom is 0.422 e. The second-order valence-electron chi connectivity index (χ2n) is 6.94. The van der Waals surface area contributed by atoms with Crippen LogP contribution in [0.1, 0.15) is 42.5 Å². The molecule has 0 bridgehead atoms. The summed E-state index contributed by atoms with van der Waals surface area (Å²) in [7, 11) is 0. The summed E-state index contributed by atoms with van der Waals surface area (Å²) in [5.74, 6) is -3.12. The largest absolute Gasteiger partial charge is 0.473 e. The van der Waals surface area contributed by atoms with Crippen LogP contribution in [0, 0.1) is 17.8 Å². The molecule has 0 saturated heterocycles. The maximum absolute atomic E-state index is 12.6. The lowest BCUT2D eigenvalue weighted by molar-refractivity contribution is -0.158. The van der Waals surface area contributed by atoms with E-state index in [9.17, 15) is 14.4 Å². The van der Waals surface area contributed by atoms with E-state index < -0.39 is 23.7 Å². The van der Waals surface area contributed by atoms with Crippen molar-refractivity contribution in [1.29, 1.82) is 0 Å². The van der Waals surface area contributed by atoms with E-state index in [1.165, 1.54) is 19.3 Å². The topological polar surface area (TPSA) is 89.9 Å². The summed E-state index contributed by atoms with van der Waals surface area (Å²) in [5, 5.41) is 8.24. The fraction of sp³-hybridized carbons (Fsp3) is 0.500. The van der Waals surface area contributed by atoms with Gasteiger partial charge in [-0.2, -0.15) is 0 Å². The summed E-state index contributed by atoms with van der Waals surface area (Å²) in [4.78, 5) is 34.7. The Balaban J connectivity index is 1.76. The molecule has 146 valence electrons. The number of benzene rings is 1. The normalized spacial score (nSPS) is 23.7. The number of carboxylic acid groups (broad SMARTS) is 1. The van der Waals surface area contributed by atoms with Crippen molar-refractivity contribution in [2.24, 2.45) is 17.8 Å². The van der Waals surface area contributed by atoms with Gasteiger partial charge in [0.1, 0.15) is 5.56 Å². The summed E-state index contributed by atoms with van der Waals surface area (Å²) in [6.07, 6.45) is 5.74. The molecule has 0 aromatic heterocycles. The SMILES string of the molecule is O=C(O)C(=O)Oc1c(Cl)cc(Cl)c(Cl)c1C(=O)OCC1CC2CCCC2C1. The molecule has 27 heavy (non-hydrogen) atoms. The zero-order chi connectivity index (χ0) is 19.7. The molecule has 6 nitrogen and oxygen atoms in total. The van der Waals surface area contributed by atoms with Gasteiger partial charge in [-0.05, 0) is 36.7 Å². The number of carbonyl (C=O) groups is 3. The van der Waals surface area contributed by atoms with Gasteiger partial charge in [-0.3, -0.25) is 0 Å². The molecule has 0 heterocycles. The fourth-order valence-electron chi connectivity index (χ4n) is 4.09. The molecule has 0 amide bonds. The molecule has 1 aromatic rings. The van der Waals surface area contributed by atoms with E-state index >= 15 is 0 Å². The van der Waals surface area contributed by atoms with Crippen molar-refractivity contribution in [2.75, 3.05) is 6.61 Å². The lowest BCUT2D eigenvalue weighted by Gasteiger charge is -2.15. The number of fused-ring (bicyclic) bond motifs is 1. The standard InChI is InChI=1S/C18H17Cl3O6/c19-11-6-12(20)15(27-18(25)16(22)23)13(14(11)21)17(24)26-7-8-4-9-2-1-3-10(9)5-8/h6,8-10H,1-5,7H2,(H,22,23). The third kappa shape index (κ3) is 4.33. The molecule has 3 rings (SSSR count). The van der Waals surface area contributed by atoms with Crippen molar-refractivity contribution in [3.05, 3.63) is 26.7 Å². The summed E-state index contributed by atoms with van der Waals surface area (Å²) in [6.45, 7) is 0.207. The lowest BCUT2D eigenvalue weighted by atomic mass is 10.0. The Kier molecular flexibility index (Phi) is 6.18. The number of carboxylic acids is 1. The summed E-state index contributed by atoms with van der Waals surface area (Å²) >= 11 is 18.0. The molecule has 9 heteroatoms. The van der Waals surface area contributed by atoms with Crippen LogP contribution in [0.2, 0.25) is 15.1 Å². The highest BCUT2D eigenvalue weighted by atomic mass is 35.5. The van der Waals surface area contributed by atoms with Gasteiger partial charge in [0.2, 0.25) is 0 Å². The Morgan fingerprint density at radius 1 is 1.07 bits per heavy atom. The molecule has 0 aliphatic heterocycles. The molecular formula is C18H17Cl3O6. The number of rotatable bonds is 4. The summed E-state index contributed by atoms with van der Waals surface area (Å²) in [5.41, 5.74) is -0.359. The van der Waals surface area contributed by atoms with E-state index in [4.69, 9.17) is 49.4 Å². The molecule has 0 spiro atoms. The number of aliphatic carboxylic acids is 1. The number of halogens is 3. The minimum Gasteiger partial charge on any atom is -0.473 e. The molecule has 2 unspecified atom stereocenters. The predicted octanol–water partition coefficient (Wildman–Crippen LogP) is 4.62. The van der Waals surface area contributed by atoms with Gasteiger partial charge in [0.15, 0.2) is 5.75 Å². The summed E-state index contributed by atoms with van der Waals surface area (Å²) in [6, 6.07) is 1.16. The Morgan fingerprint density at radius 2 is 1.70 bits per heavy atom. The Bertz CT molecular complexity index is 782. The van der Waals surface area contributed by atoms with E-state index in [0.717, 1.165) is 18.9 Å². The second-order valence-corrected chi connectivity index (χ2v) is 8.13. The van der Waals surface area contributed by atoms with Crippen LogP contribution < -0.4 is 4.74 Å². The molecule has 1 aromatic carbocycles. The van der Waals surface area contributed by atoms with Crippen molar-refractivity contribution < 1.29 is 29.0 Å². The first-order valence-corrected chi connectivity index (χ1v) is 9.71. The van der Waals surface area contributed by atoms with Gasteiger partial charge >= 0.3 is 17.9 Å². The number of ether oxygens (including phenoxy) is 2. The Labute approximate surface area is 170 Å². The highest BCUT2D eigenvalue weighted by Gasteiger charge is 2.38. The zero-order valence-electron chi connectivity index (χ0n) is 14.2. The van der Waals surface area contributed by atoms with Gasteiger partial charge in [0.05, 0.1) is 21.7 Å². The van der Waals surface area contributed by atoms with Crippen molar-refractivity contribution in [3.63, 3.8) is 0 Å². The van der Waals surface area contributed by atoms with Crippen LogP contribution in [0.25, 0.3) is 0 Å². The zero-order valence-corrected chi connectivity index (χ0v) is 16.4. The number of hydrogen-bond acceptors (Lipinski definition) is 5. The molecule has 2 aliphatic rings. The molecule has 1 N–H and O–H groups in total. The number of carbonyl (C=O) groups excluding carboxylic acids is 2. The van der Waals surface area contributed by atoms with E-state index in [2.05, 4.69) is 0 Å². The third-order valence-corrected chi connectivity index (χ3v) is 6.31. The first-order valence-electron chi connectivity index (χ1n) is 8.57. The van der Waals surface area contributed by atoms with Crippen LogP contribution >= 0.6 is 34.8 Å². The molecule has 2 saturated carbocycles. The first-order chi connectivity index (χ1) is 12.8. The molecule has 2 aliphatic carbocycles. The summed E-state index contributed by atoms with van der Waals surface area (Å²) < 4.78 is 10.1. The smallest absolute Gasteiger partial charge is 0.422 e. The van der Waals surface area contributed by atoms with Crippen LogP contribution in [0.5, 0.6) is 5.75 Å². The fourth-order valence-corrected chi connectivity index (χ4v) is 4.80. The van der Waals surface area contributed by atoms with Crippen LogP contribution in [-0.4, -0.2) is 29.6 Å². The highest BCUT2D eigenvalue weighted by Crippen LogP contribution is 2.47. The average Bonchev–Trinajstić information content (AvgIpc) is 3.19. The first kappa shape index (κ1) is 20.2. The molecular weight excluding hydrogens is 419 g/mol. The van der Waals surface area contributed by atoms with Gasteiger partial charge in [-0.1, -0.05) is 54.1 Å². The van der Waals surface area contributed by atoms with E-state index in [0.29, 0.717) is 11.8 Å². The van der Waals surface area contributed by atoms with Crippen molar-refractivity contribution in [2.45, 2.75) is 32.1 Å². The quantitative estimate of drug-likeness (QED) is 0.321. The van der Waals surface area contributed by atoms with Crippen LogP contribution in [-0.2, 0) is 14.3 Å². The number of esters is 2. The minimum atomic E-state index is -1.84. The predicted molar refractivity (Wildman–Crippen MR) is 98.6 cm³/mol. The van der Waals surface area contributed by atoms with Gasteiger partial charge in [0.25, 0.3) is 0 Å². The van der Waals surface area contributed by atoms with E-state index in [-0.39, 0.29) is 33.2 Å². The van der Waals surface area contributed by atoms with Crippen LogP contribution in [0.3, 0.4) is 0 Å². The maximum atomic E-state index is 12.6. The van der Waals surface area contributed by atoms with Crippen molar-refractivity contribution in [3.8, 4) is 5.75 Å². The van der Waals surface area contributed by atoms with Crippen molar-refractivity contribution in [1.82, 2.24) is 0 Å². The Morgan fingerprint density at radius 3 is 2.30 bits per heavy atom. The van der Waals surface area contributed by atoms with Gasteiger partial charge < -0.3 is 14.6 Å². The highest BCUT2D eigenvalue weighted by molar-refractivity contribution is 6.46. The van der Waals surface area contributed by atoms with Gasteiger partial charge in [-0.25, -0.2) is 14.4 Å². The van der Waals surface area contributed by atoms with Crippen molar-refractivity contribution >= 4 is 52.7 Å². The monoisotopic (exact) mass is 434 g/mol. The third-order valence-electron chi connectivity index (χ3n) is 5.24. The van der Waals surface area contributed by atoms with E-state index in [1.807, 2.05) is 0 Å². The van der Waals surface area contributed by atoms with Crippen LogP contribution in [0.4, 0.5) is 0 Å². The minimum absolute atomic E-state index is 0.0425. The number of hydrogen-bond donors (Lipinski definition) is 1. The Hall–Kier alpha value is -1.50. The second kappa shape index (κ2) is 8.25. The molecule has 2 atom stereocenters. The lowest BCUT2D eigenvalue weighted by Crippen LogP contribution is -2.22. The van der Waals surface area contributed by atoms with Crippen LogP contribution in [0.15, 0.2) is 6.07 Å². The molecule has 2 fully saturated rings. The van der Waals surface area contributed by atoms with Gasteiger partial charge in [0, 0.05) is 0 Å².